The van der Waals surface area contributed by atoms with Crippen molar-refractivity contribution in [2.24, 2.45) is 11.1 Å². The van der Waals surface area contributed by atoms with Gasteiger partial charge in [-0.05, 0) is 42.5 Å². The molecule has 0 bridgehead atoms. The van der Waals surface area contributed by atoms with Gasteiger partial charge in [0, 0.05) is 44.0 Å². The fourth-order valence-electron chi connectivity index (χ4n) is 3.11. The SMILES string of the molecule is CCCCN(C)c1ccc(C(=O)N2CCC(N)C(C)(C)C2)cc1.Cl.Cl. The van der Waals surface area contributed by atoms with E-state index in [0.29, 0.717) is 0 Å². The summed E-state index contributed by atoms with van der Waals surface area (Å²) in [5.41, 5.74) is 8.07. The molecule has 4 nitrogen and oxygen atoms in total. The molecule has 0 aliphatic carbocycles. The van der Waals surface area contributed by atoms with Gasteiger partial charge in [-0.3, -0.25) is 4.79 Å². The topological polar surface area (TPSA) is 49.6 Å². The van der Waals surface area contributed by atoms with Gasteiger partial charge in [-0.1, -0.05) is 27.2 Å². The van der Waals surface area contributed by atoms with E-state index in [0.717, 1.165) is 37.3 Å². The van der Waals surface area contributed by atoms with Crippen molar-refractivity contribution in [1.29, 1.82) is 0 Å². The lowest BCUT2D eigenvalue weighted by Gasteiger charge is -2.42. The van der Waals surface area contributed by atoms with Crippen LogP contribution in [-0.2, 0) is 0 Å². The van der Waals surface area contributed by atoms with Gasteiger partial charge in [0.15, 0.2) is 0 Å². The minimum atomic E-state index is -0.0196. The van der Waals surface area contributed by atoms with Gasteiger partial charge < -0.3 is 15.5 Å². The van der Waals surface area contributed by atoms with E-state index in [9.17, 15) is 4.79 Å². The zero-order valence-electron chi connectivity index (χ0n) is 15.8. The molecule has 1 amide bonds. The Kier molecular flexibility index (Phi) is 9.85. The normalized spacial score (nSPS) is 18.8. The van der Waals surface area contributed by atoms with Crippen LogP contribution in [0.2, 0.25) is 0 Å². The number of piperidine rings is 1. The van der Waals surface area contributed by atoms with Crippen LogP contribution in [0, 0.1) is 5.41 Å². The number of carbonyl (C=O) groups excluding carboxylic acids is 1. The van der Waals surface area contributed by atoms with Gasteiger partial charge in [-0.15, -0.1) is 24.8 Å². The summed E-state index contributed by atoms with van der Waals surface area (Å²) in [6.07, 6.45) is 3.24. The van der Waals surface area contributed by atoms with E-state index in [1.807, 2.05) is 29.2 Å². The molecule has 6 heteroatoms. The van der Waals surface area contributed by atoms with Gasteiger partial charge in [0.2, 0.25) is 0 Å². The summed E-state index contributed by atoms with van der Waals surface area (Å²) in [5, 5.41) is 0. The molecular formula is C19H33Cl2N3O. The maximum Gasteiger partial charge on any atom is 0.253 e. The van der Waals surface area contributed by atoms with Crippen LogP contribution in [0.1, 0.15) is 50.4 Å². The summed E-state index contributed by atoms with van der Waals surface area (Å²) < 4.78 is 0. The molecule has 1 aliphatic heterocycles. The molecule has 144 valence electrons. The fraction of sp³-hybridized carbons (Fsp3) is 0.632. The number of hydrogen-bond acceptors (Lipinski definition) is 3. The van der Waals surface area contributed by atoms with E-state index in [-0.39, 0.29) is 42.2 Å². The molecule has 2 N–H and O–H groups in total. The van der Waals surface area contributed by atoms with Crippen LogP contribution < -0.4 is 10.6 Å². The van der Waals surface area contributed by atoms with Crippen molar-refractivity contribution >= 4 is 36.4 Å². The van der Waals surface area contributed by atoms with Crippen LogP contribution in [-0.4, -0.2) is 43.5 Å². The molecule has 1 aliphatic rings. The number of hydrogen-bond donors (Lipinski definition) is 1. The molecule has 1 heterocycles. The predicted molar refractivity (Wildman–Crippen MR) is 111 cm³/mol. The Morgan fingerprint density at radius 3 is 2.40 bits per heavy atom. The Balaban J connectivity index is 0.00000288. The molecular weight excluding hydrogens is 357 g/mol. The average Bonchev–Trinajstić information content (AvgIpc) is 2.54. The molecule has 1 unspecified atom stereocenters. The molecule has 0 spiro atoms. The highest BCUT2D eigenvalue weighted by atomic mass is 35.5. The molecule has 25 heavy (non-hydrogen) atoms. The van der Waals surface area contributed by atoms with Gasteiger partial charge in [0.1, 0.15) is 0 Å². The summed E-state index contributed by atoms with van der Waals surface area (Å²) in [4.78, 5) is 16.9. The minimum Gasteiger partial charge on any atom is -0.375 e. The Morgan fingerprint density at radius 2 is 1.88 bits per heavy atom. The van der Waals surface area contributed by atoms with Gasteiger partial charge in [-0.2, -0.15) is 0 Å². The molecule has 1 atom stereocenters. The number of likely N-dealkylation sites (tertiary alicyclic amines) is 1. The number of carbonyl (C=O) groups is 1. The second kappa shape index (κ2) is 10.2. The number of rotatable bonds is 5. The van der Waals surface area contributed by atoms with Crippen molar-refractivity contribution in [2.45, 2.75) is 46.1 Å². The Morgan fingerprint density at radius 1 is 1.28 bits per heavy atom. The first-order valence-electron chi connectivity index (χ1n) is 8.71. The molecule has 0 aromatic heterocycles. The van der Waals surface area contributed by atoms with Crippen molar-refractivity contribution < 1.29 is 4.79 Å². The predicted octanol–water partition coefficient (Wildman–Crippen LogP) is 3.97. The highest BCUT2D eigenvalue weighted by Gasteiger charge is 2.35. The zero-order chi connectivity index (χ0) is 17.0. The van der Waals surface area contributed by atoms with E-state index in [4.69, 9.17) is 5.73 Å². The molecule has 1 aromatic rings. The summed E-state index contributed by atoms with van der Waals surface area (Å²) in [6, 6.07) is 8.15. The third-order valence-electron chi connectivity index (χ3n) is 5.00. The van der Waals surface area contributed by atoms with E-state index in [1.54, 1.807) is 0 Å². The largest absolute Gasteiger partial charge is 0.375 e. The lowest BCUT2D eigenvalue weighted by molar-refractivity contribution is 0.0533. The number of anilines is 1. The summed E-state index contributed by atoms with van der Waals surface area (Å²) in [6.45, 7) is 9.00. The first-order valence-corrected chi connectivity index (χ1v) is 8.71. The van der Waals surface area contributed by atoms with Crippen LogP contribution in [0.3, 0.4) is 0 Å². The number of nitrogens with zero attached hydrogens (tertiary/aromatic N) is 2. The molecule has 0 saturated carbocycles. The lowest BCUT2D eigenvalue weighted by Crippen LogP contribution is -2.53. The number of unbranched alkanes of at least 4 members (excludes halogenated alkanes) is 1. The van der Waals surface area contributed by atoms with E-state index >= 15 is 0 Å². The summed E-state index contributed by atoms with van der Waals surface area (Å²) in [5.74, 6) is 0.118. The first kappa shape index (κ1) is 24.0. The smallest absolute Gasteiger partial charge is 0.253 e. The summed E-state index contributed by atoms with van der Waals surface area (Å²) >= 11 is 0. The Hall–Kier alpha value is -0.970. The lowest BCUT2D eigenvalue weighted by atomic mass is 9.79. The van der Waals surface area contributed by atoms with Crippen molar-refractivity contribution in [3.05, 3.63) is 29.8 Å². The Bertz CT molecular complexity index is 534. The molecule has 1 aromatic carbocycles. The maximum absolute atomic E-state index is 12.7. The van der Waals surface area contributed by atoms with E-state index < -0.39 is 0 Å². The second-order valence-corrected chi connectivity index (χ2v) is 7.43. The third-order valence-corrected chi connectivity index (χ3v) is 5.00. The second-order valence-electron chi connectivity index (χ2n) is 7.43. The fourth-order valence-corrected chi connectivity index (χ4v) is 3.11. The van der Waals surface area contributed by atoms with E-state index in [1.165, 1.54) is 12.8 Å². The quantitative estimate of drug-likeness (QED) is 0.828. The molecule has 2 rings (SSSR count). The average molecular weight is 390 g/mol. The number of nitrogens with two attached hydrogens (primary N) is 1. The Labute approximate surface area is 164 Å². The van der Waals surface area contributed by atoms with Gasteiger partial charge >= 0.3 is 0 Å². The number of benzene rings is 1. The van der Waals surface area contributed by atoms with Crippen LogP contribution in [0.15, 0.2) is 24.3 Å². The highest BCUT2D eigenvalue weighted by Crippen LogP contribution is 2.28. The van der Waals surface area contributed by atoms with Crippen molar-refractivity contribution in [3.63, 3.8) is 0 Å². The van der Waals surface area contributed by atoms with Crippen LogP contribution in [0.5, 0.6) is 0 Å². The van der Waals surface area contributed by atoms with Crippen molar-refractivity contribution in [1.82, 2.24) is 4.90 Å². The zero-order valence-corrected chi connectivity index (χ0v) is 17.5. The van der Waals surface area contributed by atoms with E-state index in [2.05, 4.69) is 32.7 Å². The monoisotopic (exact) mass is 389 g/mol. The maximum atomic E-state index is 12.7. The number of halogens is 2. The first-order chi connectivity index (χ1) is 10.8. The minimum absolute atomic E-state index is 0. The highest BCUT2D eigenvalue weighted by molar-refractivity contribution is 5.94. The summed E-state index contributed by atoms with van der Waals surface area (Å²) in [7, 11) is 2.10. The standard InChI is InChI=1S/C19H31N3O.2ClH/c1-5-6-12-21(4)16-9-7-15(8-10-16)18(23)22-13-11-17(20)19(2,3)14-22;;/h7-10,17H,5-6,11-14,20H2,1-4H3;2*1H. The van der Waals surface area contributed by atoms with Crippen molar-refractivity contribution in [2.75, 3.05) is 31.6 Å². The third kappa shape index (κ3) is 6.05. The van der Waals surface area contributed by atoms with Crippen LogP contribution in [0.25, 0.3) is 0 Å². The van der Waals surface area contributed by atoms with Crippen LogP contribution in [0.4, 0.5) is 5.69 Å². The van der Waals surface area contributed by atoms with Gasteiger partial charge in [0.05, 0.1) is 0 Å². The number of amides is 1. The van der Waals surface area contributed by atoms with Crippen molar-refractivity contribution in [3.8, 4) is 0 Å². The molecule has 1 saturated heterocycles. The van der Waals surface area contributed by atoms with Crippen LogP contribution >= 0.6 is 24.8 Å². The molecule has 1 fully saturated rings. The van der Waals surface area contributed by atoms with Gasteiger partial charge in [0.25, 0.3) is 5.91 Å². The van der Waals surface area contributed by atoms with Gasteiger partial charge in [-0.25, -0.2) is 0 Å². The molecule has 0 radical (unpaired) electrons.